The summed E-state index contributed by atoms with van der Waals surface area (Å²) in [5.74, 6) is 0.639. The predicted octanol–water partition coefficient (Wildman–Crippen LogP) is 1.95. The molecule has 0 saturated carbocycles. The molecule has 0 aliphatic carbocycles. The van der Waals surface area contributed by atoms with Crippen molar-refractivity contribution in [3.8, 4) is 0 Å². The van der Waals surface area contributed by atoms with Gasteiger partial charge in [0, 0.05) is 45.1 Å². The fourth-order valence-corrected chi connectivity index (χ4v) is 3.61. The van der Waals surface area contributed by atoms with Crippen LogP contribution in [0.4, 0.5) is 5.82 Å². The van der Waals surface area contributed by atoms with E-state index in [1.54, 1.807) is 6.20 Å². The summed E-state index contributed by atoms with van der Waals surface area (Å²) in [5.41, 5.74) is 2.86. The largest absolute Gasteiger partial charge is 0.378 e. The number of nitrogens with one attached hydrogen (secondary N) is 1. The first kappa shape index (κ1) is 21.0. The van der Waals surface area contributed by atoms with Crippen LogP contribution in [0, 0.1) is 0 Å². The van der Waals surface area contributed by atoms with Gasteiger partial charge in [-0.15, -0.1) is 0 Å². The number of rotatable bonds is 7. The van der Waals surface area contributed by atoms with Crippen LogP contribution in [-0.2, 0) is 20.9 Å². The number of nitrogens with zero attached hydrogens (tertiary/aromatic N) is 4. The van der Waals surface area contributed by atoms with E-state index in [1.165, 1.54) is 5.01 Å². The third kappa shape index (κ3) is 5.67. The standard InChI is InChI=1S/C23H27N5O3/c29-22(25-17-18-6-7-21(24-16-18)27-12-14-31-15-13-27)8-9-23(30)28-11-10-20(26-28)19-4-2-1-3-5-19/h1-7,16H,8-15,17H2,(H,25,29). The van der Waals surface area contributed by atoms with Gasteiger partial charge >= 0.3 is 0 Å². The van der Waals surface area contributed by atoms with Crippen molar-refractivity contribution in [2.45, 2.75) is 25.8 Å². The lowest BCUT2D eigenvalue weighted by atomic mass is 10.1. The Balaban J connectivity index is 1.20. The lowest BCUT2D eigenvalue weighted by Gasteiger charge is -2.27. The van der Waals surface area contributed by atoms with E-state index in [-0.39, 0.29) is 24.7 Å². The molecule has 1 saturated heterocycles. The quantitative estimate of drug-likeness (QED) is 0.738. The Bertz CT molecular complexity index is 924. The van der Waals surface area contributed by atoms with Crippen molar-refractivity contribution in [1.82, 2.24) is 15.3 Å². The Morgan fingerprint density at radius 1 is 1.00 bits per heavy atom. The molecule has 0 bridgehead atoms. The summed E-state index contributed by atoms with van der Waals surface area (Å²) in [6.45, 7) is 4.06. The monoisotopic (exact) mass is 421 g/mol. The van der Waals surface area contributed by atoms with Crippen molar-refractivity contribution in [2.24, 2.45) is 5.10 Å². The van der Waals surface area contributed by atoms with Crippen LogP contribution in [0.1, 0.15) is 30.4 Å². The number of hydrogen-bond donors (Lipinski definition) is 1. The molecule has 1 fully saturated rings. The molecule has 2 aliphatic heterocycles. The van der Waals surface area contributed by atoms with Crippen LogP contribution < -0.4 is 10.2 Å². The third-order valence-electron chi connectivity index (χ3n) is 5.40. The summed E-state index contributed by atoms with van der Waals surface area (Å²) in [5, 5.41) is 8.76. The molecule has 1 aromatic heterocycles. The van der Waals surface area contributed by atoms with Crippen molar-refractivity contribution in [3.63, 3.8) is 0 Å². The predicted molar refractivity (Wildman–Crippen MR) is 118 cm³/mol. The molecular weight excluding hydrogens is 394 g/mol. The first-order valence-corrected chi connectivity index (χ1v) is 10.7. The second kappa shape index (κ2) is 10.2. The molecule has 31 heavy (non-hydrogen) atoms. The molecular formula is C23H27N5O3. The van der Waals surface area contributed by atoms with Gasteiger partial charge in [-0.25, -0.2) is 9.99 Å². The summed E-state index contributed by atoms with van der Waals surface area (Å²) >= 11 is 0. The second-order valence-electron chi connectivity index (χ2n) is 7.58. The van der Waals surface area contributed by atoms with Gasteiger partial charge in [0.25, 0.3) is 0 Å². The Morgan fingerprint density at radius 2 is 1.81 bits per heavy atom. The lowest BCUT2D eigenvalue weighted by Crippen LogP contribution is -2.36. The zero-order valence-electron chi connectivity index (χ0n) is 17.5. The Morgan fingerprint density at radius 3 is 2.55 bits per heavy atom. The van der Waals surface area contributed by atoms with Gasteiger partial charge in [-0.2, -0.15) is 5.10 Å². The van der Waals surface area contributed by atoms with Crippen molar-refractivity contribution in [3.05, 3.63) is 59.8 Å². The van der Waals surface area contributed by atoms with E-state index in [9.17, 15) is 9.59 Å². The van der Waals surface area contributed by atoms with Crippen LogP contribution in [0.3, 0.4) is 0 Å². The zero-order valence-corrected chi connectivity index (χ0v) is 17.5. The first-order chi connectivity index (χ1) is 15.2. The van der Waals surface area contributed by atoms with E-state index < -0.39 is 0 Å². The average molecular weight is 422 g/mol. The number of carbonyl (C=O) groups is 2. The Hall–Kier alpha value is -3.26. The molecule has 8 nitrogen and oxygen atoms in total. The Labute approximate surface area is 181 Å². The number of hydrogen-bond acceptors (Lipinski definition) is 6. The van der Waals surface area contributed by atoms with Crippen molar-refractivity contribution < 1.29 is 14.3 Å². The maximum Gasteiger partial charge on any atom is 0.243 e. The fourth-order valence-electron chi connectivity index (χ4n) is 3.61. The molecule has 0 radical (unpaired) electrons. The molecule has 2 aliphatic rings. The van der Waals surface area contributed by atoms with Gasteiger partial charge in [-0.1, -0.05) is 36.4 Å². The SMILES string of the molecule is O=C(CCC(=O)N1CCC(c2ccccc2)=N1)NCc1ccc(N2CCOCC2)nc1. The molecule has 3 heterocycles. The topological polar surface area (TPSA) is 87.1 Å². The van der Waals surface area contributed by atoms with Crippen LogP contribution in [-0.4, -0.2) is 60.4 Å². The van der Waals surface area contributed by atoms with Crippen LogP contribution in [0.15, 0.2) is 53.8 Å². The van der Waals surface area contributed by atoms with Crippen LogP contribution in [0.5, 0.6) is 0 Å². The number of morpholine rings is 1. The molecule has 0 unspecified atom stereocenters. The number of anilines is 1. The summed E-state index contributed by atoms with van der Waals surface area (Å²) in [6, 6.07) is 13.8. The number of hydrazone groups is 1. The van der Waals surface area contributed by atoms with Gasteiger partial charge < -0.3 is 15.0 Å². The average Bonchev–Trinajstić information content (AvgIpc) is 3.33. The fraction of sp³-hybridized carbons (Fsp3) is 0.391. The molecule has 2 aromatic rings. The van der Waals surface area contributed by atoms with E-state index in [0.29, 0.717) is 26.3 Å². The smallest absolute Gasteiger partial charge is 0.243 e. The van der Waals surface area contributed by atoms with Gasteiger partial charge in [-0.3, -0.25) is 9.59 Å². The maximum atomic E-state index is 12.4. The maximum absolute atomic E-state index is 12.4. The van der Waals surface area contributed by atoms with Crippen molar-refractivity contribution >= 4 is 23.3 Å². The molecule has 1 N–H and O–H groups in total. The minimum atomic E-state index is -0.155. The van der Waals surface area contributed by atoms with Gasteiger partial charge in [0.1, 0.15) is 5.82 Å². The Kier molecular flexibility index (Phi) is 6.89. The third-order valence-corrected chi connectivity index (χ3v) is 5.40. The van der Waals surface area contributed by atoms with E-state index >= 15 is 0 Å². The van der Waals surface area contributed by atoms with Crippen LogP contribution in [0.2, 0.25) is 0 Å². The van der Waals surface area contributed by atoms with Gasteiger partial charge in [0.15, 0.2) is 0 Å². The van der Waals surface area contributed by atoms with Gasteiger partial charge in [0.05, 0.1) is 25.5 Å². The van der Waals surface area contributed by atoms with Gasteiger partial charge in [0.2, 0.25) is 11.8 Å². The molecule has 0 spiro atoms. The highest BCUT2D eigenvalue weighted by atomic mass is 16.5. The number of amides is 2. The summed E-state index contributed by atoms with van der Waals surface area (Å²) in [7, 11) is 0. The number of benzene rings is 1. The number of ether oxygens (including phenoxy) is 1. The number of pyridine rings is 1. The summed E-state index contributed by atoms with van der Waals surface area (Å²) < 4.78 is 5.36. The summed E-state index contributed by atoms with van der Waals surface area (Å²) in [6.07, 6.45) is 2.80. The lowest BCUT2D eigenvalue weighted by molar-refractivity contribution is -0.133. The number of carbonyl (C=O) groups excluding carboxylic acids is 2. The highest BCUT2D eigenvalue weighted by Crippen LogP contribution is 2.15. The highest BCUT2D eigenvalue weighted by molar-refractivity contribution is 6.02. The molecule has 162 valence electrons. The van der Waals surface area contributed by atoms with E-state index in [0.717, 1.165) is 42.2 Å². The molecule has 0 atom stereocenters. The van der Waals surface area contributed by atoms with E-state index in [1.807, 2.05) is 42.5 Å². The van der Waals surface area contributed by atoms with E-state index in [2.05, 4.69) is 20.3 Å². The second-order valence-corrected chi connectivity index (χ2v) is 7.58. The van der Waals surface area contributed by atoms with Crippen LogP contribution in [0.25, 0.3) is 0 Å². The normalized spacial score (nSPS) is 16.2. The van der Waals surface area contributed by atoms with Gasteiger partial charge in [-0.05, 0) is 17.2 Å². The van der Waals surface area contributed by atoms with Crippen LogP contribution >= 0.6 is 0 Å². The summed E-state index contributed by atoms with van der Waals surface area (Å²) in [4.78, 5) is 31.2. The first-order valence-electron chi connectivity index (χ1n) is 10.7. The van der Waals surface area contributed by atoms with Crippen molar-refractivity contribution in [2.75, 3.05) is 37.7 Å². The molecule has 4 rings (SSSR count). The zero-order chi connectivity index (χ0) is 21.5. The minimum Gasteiger partial charge on any atom is -0.378 e. The van der Waals surface area contributed by atoms with E-state index in [4.69, 9.17) is 4.74 Å². The minimum absolute atomic E-state index is 0.127. The highest BCUT2D eigenvalue weighted by Gasteiger charge is 2.21. The number of aromatic nitrogens is 1. The molecule has 8 heteroatoms. The van der Waals surface area contributed by atoms with Crippen molar-refractivity contribution in [1.29, 1.82) is 0 Å². The molecule has 1 aromatic carbocycles. The molecule has 2 amide bonds.